The van der Waals surface area contributed by atoms with E-state index < -0.39 is 29.3 Å². The van der Waals surface area contributed by atoms with Gasteiger partial charge in [-0.1, -0.05) is 0 Å². The Morgan fingerprint density at radius 3 is 2.62 bits per heavy atom. The summed E-state index contributed by atoms with van der Waals surface area (Å²) in [6.45, 7) is 0. The molecule has 0 amide bonds. The first-order valence-corrected chi connectivity index (χ1v) is 6.32. The number of ether oxygens (including phenoxy) is 1. The monoisotopic (exact) mass is 298 g/mol. The molecule has 1 fully saturated rings. The van der Waals surface area contributed by atoms with E-state index in [4.69, 9.17) is 5.26 Å². The third-order valence-electron chi connectivity index (χ3n) is 3.32. The van der Waals surface area contributed by atoms with E-state index in [9.17, 15) is 18.0 Å². The number of anilines is 1. The minimum Gasteiger partial charge on any atom is -0.467 e. The molecular formula is C14H13F3N2O2. The molecule has 1 aliphatic carbocycles. The van der Waals surface area contributed by atoms with Crippen LogP contribution in [0.2, 0.25) is 0 Å². The number of benzene rings is 1. The van der Waals surface area contributed by atoms with Gasteiger partial charge in [0.05, 0.1) is 24.3 Å². The van der Waals surface area contributed by atoms with Gasteiger partial charge in [0.1, 0.15) is 6.04 Å². The van der Waals surface area contributed by atoms with Crippen molar-refractivity contribution < 1.29 is 22.7 Å². The van der Waals surface area contributed by atoms with Crippen molar-refractivity contribution in [2.24, 2.45) is 5.92 Å². The highest BCUT2D eigenvalue weighted by atomic mass is 19.4. The number of hydrogen-bond donors (Lipinski definition) is 1. The maximum Gasteiger partial charge on any atom is 0.417 e. The fourth-order valence-corrected chi connectivity index (χ4v) is 2.07. The van der Waals surface area contributed by atoms with Crippen LogP contribution in [0, 0.1) is 17.2 Å². The van der Waals surface area contributed by atoms with Crippen LogP contribution in [0.15, 0.2) is 18.2 Å². The average Bonchev–Trinajstić information content (AvgIpc) is 3.27. The molecule has 2 rings (SSSR count). The van der Waals surface area contributed by atoms with E-state index in [0.29, 0.717) is 0 Å². The third-order valence-corrected chi connectivity index (χ3v) is 3.32. The zero-order chi connectivity index (χ0) is 15.6. The topological polar surface area (TPSA) is 62.1 Å². The number of nitriles is 1. The molecular weight excluding hydrogens is 285 g/mol. The predicted octanol–water partition coefficient (Wildman–Crippen LogP) is 2.94. The summed E-state index contributed by atoms with van der Waals surface area (Å²) in [5.74, 6) is -0.433. The number of nitrogens with zero attached hydrogens (tertiary/aromatic N) is 1. The lowest BCUT2D eigenvalue weighted by Gasteiger charge is -2.18. The Morgan fingerprint density at radius 1 is 1.48 bits per heavy atom. The van der Waals surface area contributed by atoms with Crippen molar-refractivity contribution in [1.82, 2.24) is 0 Å². The zero-order valence-electron chi connectivity index (χ0n) is 11.2. The van der Waals surface area contributed by atoms with E-state index in [1.807, 2.05) is 0 Å². The van der Waals surface area contributed by atoms with Gasteiger partial charge in [-0.2, -0.15) is 18.4 Å². The molecule has 0 aliphatic heterocycles. The van der Waals surface area contributed by atoms with Gasteiger partial charge in [0.25, 0.3) is 0 Å². The Labute approximate surface area is 119 Å². The summed E-state index contributed by atoms with van der Waals surface area (Å²) in [6, 6.07) is 4.14. The van der Waals surface area contributed by atoms with Gasteiger partial charge in [0.2, 0.25) is 0 Å². The lowest BCUT2D eigenvalue weighted by Crippen LogP contribution is -2.32. The minimum atomic E-state index is -4.62. The van der Waals surface area contributed by atoms with Crippen molar-refractivity contribution in [3.63, 3.8) is 0 Å². The summed E-state index contributed by atoms with van der Waals surface area (Å²) >= 11 is 0. The summed E-state index contributed by atoms with van der Waals surface area (Å²) in [5, 5.41) is 11.5. The normalized spacial score (nSPS) is 16.0. The number of esters is 1. The Balaban J connectivity index is 2.28. The van der Waals surface area contributed by atoms with Gasteiger partial charge in [0, 0.05) is 5.69 Å². The lowest BCUT2D eigenvalue weighted by molar-refractivity contribution is -0.142. The number of nitrogens with one attached hydrogen (secondary N) is 1. The van der Waals surface area contributed by atoms with E-state index in [0.717, 1.165) is 25.0 Å². The highest BCUT2D eigenvalue weighted by Gasteiger charge is 2.38. The number of methoxy groups -OCH3 is 1. The molecule has 112 valence electrons. The number of rotatable bonds is 4. The molecule has 0 aromatic heterocycles. The van der Waals surface area contributed by atoms with Crippen molar-refractivity contribution in [1.29, 1.82) is 5.26 Å². The van der Waals surface area contributed by atoms with Crippen molar-refractivity contribution in [3.8, 4) is 6.07 Å². The second kappa shape index (κ2) is 5.64. The first kappa shape index (κ1) is 15.2. The maximum absolute atomic E-state index is 12.9. The molecule has 1 saturated carbocycles. The van der Waals surface area contributed by atoms with Gasteiger partial charge in [-0.3, -0.25) is 0 Å². The number of hydrogen-bond acceptors (Lipinski definition) is 4. The standard InChI is InChI=1S/C14H13F3N2O2/c1-21-13(20)12(8-2-3-8)19-10-5-4-9(7-18)11(6-10)14(15,16)17/h4-6,8,12,19H,2-3H2,1H3. The van der Waals surface area contributed by atoms with E-state index in [1.54, 1.807) is 0 Å². The first-order chi connectivity index (χ1) is 9.86. The van der Waals surface area contributed by atoms with Crippen LogP contribution in [0.25, 0.3) is 0 Å². The molecule has 0 radical (unpaired) electrons. The van der Waals surface area contributed by atoms with Crippen LogP contribution in [0.4, 0.5) is 18.9 Å². The molecule has 0 heterocycles. The van der Waals surface area contributed by atoms with E-state index in [1.165, 1.54) is 19.2 Å². The van der Waals surface area contributed by atoms with Crippen molar-refractivity contribution in [2.75, 3.05) is 12.4 Å². The highest BCUT2D eigenvalue weighted by molar-refractivity contribution is 5.80. The van der Waals surface area contributed by atoms with Crippen LogP contribution in [0.5, 0.6) is 0 Å². The summed E-state index contributed by atoms with van der Waals surface area (Å²) in [4.78, 5) is 11.6. The number of alkyl halides is 3. The quantitative estimate of drug-likeness (QED) is 0.868. The molecule has 1 unspecified atom stereocenters. The smallest absolute Gasteiger partial charge is 0.417 e. The first-order valence-electron chi connectivity index (χ1n) is 6.32. The molecule has 1 atom stereocenters. The summed E-state index contributed by atoms with van der Waals surface area (Å²) in [7, 11) is 1.24. The van der Waals surface area contributed by atoms with Gasteiger partial charge >= 0.3 is 12.1 Å². The second-order valence-corrected chi connectivity index (χ2v) is 4.85. The molecule has 1 N–H and O–H groups in total. The van der Waals surface area contributed by atoms with E-state index >= 15 is 0 Å². The molecule has 1 aliphatic rings. The van der Waals surface area contributed by atoms with Crippen LogP contribution in [-0.2, 0) is 15.7 Å². The minimum absolute atomic E-state index is 0.0717. The Hall–Kier alpha value is -2.23. The summed E-state index contributed by atoms with van der Waals surface area (Å²) < 4.78 is 43.3. The molecule has 1 aromatic carbocycles. The van der Waals surface area contributed by atoms with Crippen LogP contribution in [0.1, 0.15) is 24.0 Å². The number of halogens is 3. The largest absolute Gasteiger partial charge is 0.467 e. The number of carbonyl (C=O) groups excluding carboxylic acids is 1. The van der Waals surface area contributed by atoms with Crippen molar-refractivity contribution >= 4 is 11.7 Å². The maximum atomic E-state index is 12.9. The molecule has 1 aromatic rings. The Bertz CT molecular complexity index is 589. The lowest BCUT2D eigenvalue weighted by atomic mass is 10.1. The summed E-state index contributed by atoms with van der Waals surface area (Å²) in [5.41, 5.74) is -1.33. The van der Waals surface area contributed by atoms with Crippen molar-refractivity contribution in [3.05, 3.63) is 29.3 Å². The van der Waals surface area contributed by atoms with Gasteiger partial charge in [0.15, 0.2) is 0 Å². The van der Waals surface area contributed by atoms with Crippen LogP contribution >= 0.6 is 0 Å². The van der Waals surface area contributed by atoms with Crippen LogP contribution < -0.4 is 5.32 Å². The van der Waals surface area contributed by atoms with Crippen LogP contribution in [-0.4, -0.2) is 19.1 Å². The molecule has 0 spiro atoms. The van der Waals surface area contributed by atoms with Gasteiger partial charge < -0.3 is 10.1 Å². The highest BCUT2D eigenvalue weighted by Crippen LogP contribution is 2.37. The summed E-state index contributed by atoms with van der Waals surface area (Å²) in [6.07, 6.45) is -2.96. The van der Waals surface area contributed by atoms with Crippen molar-refractivity contribution in [2.45, 2.75) is 25.1 Å². The molecule has 0 bridgehead atoms. The zero-order valence-corrected chi connectivity index (χ0v) is 11.2. The molecule has 4 nitrogen and oxygen atoms in total. The molecule has 0 saturated heterocycles. The van der Waals surface area contributed by atoms with Gasteiger partial charge in [-0.05, 0) is 37.0 Å². The fourth-order valence-electron chi connectivity index (χ4n) is 2.07. The fraction of sp³-hybridized carbons (Fsp3) is 0.429. The Morgan fingerprint density at radius 2 is 2.14 bits per heavy atom. The Kier molecular flexibility index (Phi) is 4.07. The van der Waals surface area contributed by atoms with Gasteiger partial charge in [-0.15, -0.1) is 0 Å². The molecule has 21 heavy (non-hydrogen) atoms. The SMILES string of the molecule is COC(=O)C(Nc1ccc(C#N)c(C(F)(F)F)c1)C1CC1. The van der Waals surface area contributed by atoms with Crippen LogP contribution in [0.3, 0.4) is 0 Å². The predicted molar refractivity (Wildman–Crippen MR) is 68.3 cm³/mol. The second-order valence-electron chi connectivity index (χ2n) is 4.85. The average molecular weight is 298 g/mol. The third kappa shape index (κ3) is 3.45. The number of carbonyl (C=O) groups is 1. The van der Waals surface area contributed by atoms with E-state index in [2.05, 4.69) is 10.1 Å². The molecule has 7 heteroatoms. The van der Waals surface area contributed by atoms with E-state index in [-0.39, 0.29) is 11.6 Å². The van der Waals surface area contributed by atoms with Gasteiger partial charge in [-0.25, -0.2) is 4.79 Å².